The molecule has 0 aliphatic carbocycles. The van der Waals surface area contributed by atoms with Gasteiger partial charge in [0.15, 0.2) is 0 Å². The molecular weight excluding hydrogens is 251 g/mol. The fourth-order valence-corrected chi connectivity index (χ4v) is 2.02. The largest absolute Gasteiger partial charge is 0.389 e. The van der Waals surface area contributed by atoms with Gasteiger partial charge in [0.1, 0.15) is 0 Å². The van der Waals surface area contributed by atoms with Crippen molar-refractivity contribution in [3.63, 3.8) is 0 Å². The third-order valence-corrected chi connectivity index (χ3v) is 3.17. The molecule has 1 nitrogen and oxygen atoms in total. The van der Waals surface area contributed by atoms with Crippen LogP contribution in [-0.4, -0.2) is 12.7 Å². The minimum atomic E-state index is -4.03. The van der Waals surface area contributed by atoms with Crippen LogP contribution in [-0.2, 0) is 0 Å². The summed E-state index contributed by atoms with van der Waals surface area (Å²) in [6.07, 6.45) is -3.03. The van der Waals surface area contributed by atoms with Gasteiger partial charge in [-0.1, -0.05) is 36.8 Å². The van der Waals surface area contributed by atoms with Crippen LogP contribution in [0.4, 0.5) is 13.2 Å². The maximum atomic E-state index is 12.0. The highest BCUT2D eigenvalue weighted by Crippen LogP contribution is 2.22. The quantitative estimate of drug-likeness (QED) is 0.706. The van der Waals surface area contributed by atoms with Gasteiger partial charge >= 0.3 is 6.18 Å². The summed E-state index contributed by atoms with van der Waals surface area (Å²) in [4.78, 5) is 0. The first-order valence-corrected chi connectivity index (χ1v) is 6.79. The molecule has 19 heavy (non-hydrogen) atoms. The van der Waals surface area contributed by atoms with Gasteiger partial charge in [-0.2, -0.15) is 13.2 Å². The molecule has 1 rings (SSSR count). The number of hydrogen-bond acceptors (Lipinski definition) is 1. The van der Waals surface area contributed by atoms with Gasteiger partial charge in [0, 0.05) is 12.5 Å². The lowest BCUT2D eigenvalue weighted by atomic mass is 10.0. The summed E-state index contributed by atoms with van der Waals surface area (Å²) < 4.78 is 36.0. The molecule has 0 bridgehead atoms. The average molecular weight is 273 g/mol. The van der Waals surface area contributed by atoms with Gasteiger partial charge in [-0.05, 0) is 38.3 Å². The van der Waals surface area contributed by atoms with E-state index in [9.17, 15) is 13.2 Å². The van der Waals surface area contributed by atoms with Crippen molar-refractivity contribution in [3.8, 4) is 0 Å². The van der Waals surface area contributed by atoms with Crippen LogP contribution >= 0.6 is 0 Å². The number of nitrogens with one attached hydrogen (secondary N) is 1. The van der Waals surface area contributed by atoms with Crippen LogP contribution in [0.2, 0.25) is 0 Å². The first kappa shape index (κ1) is 16.0. The molecule has 0 aromatic heterocycles. The molecule has 1 N–H and O–H groups in total. The highest BCUT2D eigenvalue weighted by molar-refractivity contribution is 5.23. The average Bonchev–Trinajstić information content (AvgIpc) is 2.34. The second-order valence-electron chi connectivity index (χ2n) is 4.90. The molecular formula is C15H22F3N. The Morgan fingerprint density at radius 3 is 2.26 bits per heavy atom. The zero-order chi connectivity index (χ0) is 14.3. The molecule has 0 fully saturated rings. The van der Waals surface area contributed by atoms with Crippen LogP contribution in [0.15, 0.2) is 24.3 Å². The predicted octanol–water partition coefficient (Wildman–Crippen LogP) is 4.77. The monoisotopic (exact) mass is 273 g/mol. The Balaban J connectivity index is 2.31. The molecule has 0 saturated heterocycles. The maximum Gasteiger partial charge on any atom is 0.389 e. The highest BCUT2D eigenvalue weighted by Gasteiger charge is 2.25. The van der Waals surface area contributed by atoms with Gasteiger partial charge in [-0.15, -0.1) is 0 Å². The van der Waals surface area contributed by atoms with Crippen LogP contribution in [0, 0.1) is 6.92 Å². The number of aryl methyl sites for hydroxylation is 1. The summed E-state index contributed by atoms with van der Waals surface area (Å²) in [6, 6.07) is 8.50. The van der Waals surface area contributed by atoms with Crippen molar-refractivity contribution in [2.75, 3.05) is 6.54 Å². The number of hydrogen-bond donors (Lipinski definition) is 1. The van der Waals surface area contributed by atoms with Crippen molar-refractivity contribution >= 4 is 0 Å². The fraction of sp³-hybridized carbons (Fsp3) is 0.600. The van der Waals surface area contributed by atoms with Gasteiger partial charge in [-0.3, -0.25) is 0 Å². The lowest BCUT2D eigenvalue weighted by Crippen LogP contribution is -2.22. The predicted molar refractivity (Wildman–Crippen MR) is 72.1 cm³/mol. The van der Waals surface area contributed by atoms with Gasteiger partial charge in [0.25, 0.3) is 0 Å². The van der Waals surface area contributed by atoms with Crippen molar-refractivity contribution in [2.24, 2.45) is 0 Å². The van der Waals surface area contributed by atoms with E-state index in [0.717, 1.165) is 6.42 Å². The van der Waals surface area contributed by atoms with Crippen LogP contribution < -0.4 is 5.32 Å². The third-order valence-electron chi connectivity index (χ3n) is 3.17. The first-order valence-electron chi connectivity index (χ1n) is 6.79. The van der Waals surface area contributed by atoms with Crippen molar-refractivity contribution in [2.45, 2.75) is 51.7 Å². The van der Waals surface area contributed by atoms with Crippen LogP contribution in [0.5, 0.6) is 0 Å². The molecule has 0 saturated carbocycles. The van der Waals surface area contributed by atoms with E-state index in [1.165, 1.54) is 11.1 Å². The lowest BCUT2D eigenvalue weighted by molar-refractivity contribution is -0.135. The number of alkyl halides is 3. The zero-order valence-corrected chi connectivity index (χ0v) is 11.6. The second kappa shape index (κ2) is 7.53. The smallest absolute Gasteiger partial charge is 0.310 e. The van der Waals surface area contributed by atoms with Crippen molar-refractivity contribution < 1.29 is 13.2 Å². The van der Waals surface area contributed by atoms with E-state index in [4.69, 9.17) is 0 Å². The zero-order valence-electron chi connectivity index (χ0n) is 11.6. The molecule has 1 atom stereocenters. The third kappa shape index (κ3) is 6.62. The van der Waals surface area contributed by atoms with Gasteiger partial charge in [0.2, 0.25) is 0 Å². The topological polar surface area (TPSA) is 12.0 Å². The molecule has 1 aromatic rings. The Hall–Kier alpha value is -1.03. The number of unbranched alkanes of at least 4 members (excludes halogenated alkanes) is 1. The van der Waals surface area contributed by atoms with Gasteiger partial charge in [0.05, 0.1) is 0 Å². The molecule has 1 aromatic carbocycles. The molecule has 0 aliphatic heterocycles. The number of halogens is 3. The fourth-order valence-electron chi connectivity index (χ4n) is 2.02. The van der Waals surface area contributed by atoms with E-state index in [1.807, 2.05) is 6.92 Å². The van der Waals surface area contributed by atoms with E-state index in [2.05, 4.69) is 36.5 Å². The van der Waals surface area contributed by atoms with Crippen molar-refractivity contribution in [1.82, 2.24) is 5.32 Å². The van der Waals surface area contributed by atoms with Crippen LogP contribution in [0.1, 0.15) is 49.8 Å². The van der Waals surface area contributed by atoms with E-state index in [0.29, 0.717) is 13.0 Å². The summed E-state index contributed by atoms with van der Waals surface area (Å²) in [6.45, 7) is 4.74. The van der Waals surface area contributed by atoms with E-state index >= 15 is 0 Å². The number of benzene rings is 1. The van der Waals surface area contributed by atoms with Gasteiger partial charge in [-0.25, -0.2) is 0 Å². The van der Waals surface area contributed by atoms with Crippen LogP contribution in [0.25, 0.3) is 0 Å². The maximum absolute atomic E-state index is 12.0. The van der Waals surface area contributed by atoms with E-state index in [1.54, 1.807) is 0 Å². The minimum Gasteiger partial charge on any atom is -0.310 e. The Kier molecular flexibility index (Phi) is 6.35. The minimum absolute atomic E-state index is 0.195. The summed E-state index contributed by atoms with van der Waals surface area (Å²) in [5.74, 6) is 0. The molecule has 4 heteroatoms. The molecule has 1 unspecified atom stereocenters. The standard InChI is InChI=1S/C15H22F3N/c1-3-14(13-8-6-12(2)7-9-13)19-11-5-4-10-15(16,17)18/h6-9,14,19H,3-5,10-11H2,1-2H3. The van der Waals surface area contributed by atoms with Crippen molar-refractivity contribution in [1.29, 1.82) is 0 Å². The summed E-state index contributed by atoms with van der Waals surface area (Å²) in [7, 11) is 0. The molecule has 0 heterocycles. The normalized spacial score (nSPS) is 13.5. The second-order valence-corrected chi connectivity index (χ2v) is 4.90. The van der Waals surface area contributed by atoms with Gasteiger partial charge < -0.3 is 5.32 Å². The highest BCUT2D eigenvalue weighted by atomic mass is 19.4. The first-order chi connectivity index (χ1) is 8.92. The Labute approximate surface area is 113 Å². The summed E-state index contributed by atoms with van der Waals surface area (Å²) >= 11 is 0. The molecule has 108 valence electrons. The Bertz CT molecular complexity index is 357. The molecule has 0 spiro atoms. The summed E-state index contributed by atoms with van der Waals surface area (Å²) in [5, 5.41) is 3.32. The lowest BCUT2D eigenvalue weighted by Gasteiger charge is -2.17. The molecule has 0 aliphatic rings. The Morgan fingerprint density at radius 1 is 1.11 bits per heavy atom. The Morgan fingerprint density at radius 2 is 1.74 bits per heavy atom. The number of rotatable bonds is 7. The van der Waals surface area contributed by atoms with Crippen molar-refractivity contribution in [3.05, 3.63) is 35.4 Å². The van der Waals surface area contributed by atoms with Crippen LogP contribution in [0.3, 0.4) is 0 Å². The molecule has 0 radical (unpaired) electrons. The SMILES string of the molecule is CCC(NCCCCC(F)(F)F)c1ccc(C)cc1. The summed E-state index contributed by atoms with van der Waals surface area (Å²) in [5.41, 5.74) is 2.41. The van der Waals surface area contributed by atoms with E-state index < -0.39 is 12.6 Å². The van der Waals surface area contributed by atoms with E-state index in [-0.39, 0.29) is 12.5 Å². The molecule has 0 amide bonds.